The minimum atomic E-state index is -1.27. The third kappa shape index (κ3) is 11.4. The number of carboxylic acid groups (broad SMARTS) is 1. The van der Waals surface area contributed by atoms with Crippen LogP contribution in [0.2, 0.25) is 0 Å². The molecular formula is C18H30FNO6. The summed E-state index contributed by atoms with van der Waals surface area (Å²) in [6.45, 7) is 11.5. The van der Waals surface area contributed by atoms with Gasteiger partial charge in [-0.25, -0.2) is 9.18 Å². The smallest absolute Gasteiger partial charge is 0.408 e. The molecule has 150 valence electrons. The summed E-state index contributed by atoms with van der Waals surface area (Å²) in [6.07, 6.45) is -0.202. The molecule has 7 nitrogen and oxygen atoms in total. The van der Waals surface area contributed by atoms with Crippen molar-refractivity contribution in [3.8, 4) is 0 Å². The van der Waals surface area contributed by atoms with Crippen LogP contribution in [-0.4, -0.2) is 40.4 Å². The lowest BCUT2D eigenvalue weighted by Crippen LogP contribution is -2.38. The summed E-state index contributed by atoms with van der Waals surface area (Å²) in [4.78, 5) is 34.6. The van der Waals surface area contributed by atoms with Crippen molar-refractivity contribution in [1.29, 1.82) is 0 Å². The monoisotopic (exact) mass is 375 g/mol. The van der Waals surface area contributed by atoms with Gasteiger partial charge in [0.15, 0.2) is 0 Å². The van der Waals surface area contributed by atoms with E-state index in [1.807, 2.05) is 0 Å². The lowest BCUT2D eigenvalue weighted by atomic mass is 10.0. The molecule has 0 aromatic rings. The minimum Gasteiger partial charge on any atom is -0.481 e. The first-order valence-electron chi connectivity index (χ1n) is 8.42. The first-order chi connectivity index (χ1) is 11.6. The zero-order valence-corrected chi connectivity index (χ0v) is 16.5. The summed E-state index contributed by atoms with van der Waals surface area (Å²) in [5.74, 6) is -3.87. The molecule has 0 heterocycles. The third-order valence-electron chi connectivity index (χ3n) is 2.90. The van der Waals surface area contributed by atoms with Crippen LogP contribution in [-0.2, 0) is 19.1 Å². The number of nitrogens with one attached hydrogen (secondary N) is 1. The van der Waals surface area contributed by atoms with Crippen LogP contribution in [0.1, 0.15) is 61.3 Å². The van der Waals surface area contributed by atoms with Crippen LogP contribution in [0.3, 0.4) is 0 Å². The van der Waals surface area contributed by atoms with Crippen LogP contribution in [0.4, 0.5) is 9.18 Å². The van der Waals surface area contributed by atoms with Gasteiger partial charge in [-0.05, 0) is 61.0 Å². The van der Waals surface area contributed by atoms with E-state index in [-0.39, 0.29) is 12.8 Å². The Hall–Kier alpha value is -2.12. The van der Waals surface area contributed by atoms with E-state index in [1.54, 1.807) is 41.5 Å². The molecule has 0 spiro atoms. The highest BCUT2D eigenvalue weighted by Crippen LogP contribution is 2.17. The van der Waals surface area contributed by atoms with Crippen LogP contribution < -0.4 is 5.32 Å². The fraction of sp³-hybridized carbons (Fsp3) is 0.722. The zero-order chi connectivity index (χ0) is 20.7. The lowest BCUT2D eigenvalue weighted by Gasteiger charge is -2.22. The van der Waals surface area contributed by atoms with Crippen molar-refractivity contribution in [3.63, 3.8) is 0 Å². The summed E-state index contributed by atoms with van der Waals surface area (Å²) in [6, 6.07) is -1.06. The van der Waals surface area contributed by atoms with Gasteiger partial charge in [0, 0.05) is 6.42 Å². The van der Waals surface area contributed by atoms with Crippen molar-refractivity contribution in [3.05, 3.63) is 11.9 Å². The second-order valence-electron chi connectivity index (χ2n) is 7.99. The van der Waals surface area contributed by atoms with Gasteiger partial charge < -0.3 is 19.9 Å². The van der Waals surface area contributed by atoms with Crippen LogP contribution >= 0.6 is 0 Å². The molecule has 0 saturated carbocycles. The summed E-state index contributed by atoms with van der Waals surface area (Å²) in [7, 11) is 0. The Morgan fingerprint density at radius 3 is 2.00 bits per heavy atom. The maximum absolute atomic E-state index is 14.2. The molecule has 0 fully saturated rings. The maximum atomic E-state index is 14.2. The van der Waals surface area contributed by atoms with E-state index in [1.165, 1.54) is 6.92 Å². The topological polar surface area (TPSA) is 102 Å². The summed E-state index contributed by atoms with van der Waals surface area (Å²) in [5.41, 5.74) is -1.41. The van der Waals surface area contributed by atoms with E-state index in [4.69, 9.17) is 9.47 Å². The normalized spacial score (nSPS) is 15.0. The number of carbonyl (C=O) groups excluding carboxylic acids is 2. The van der Waals surface area contributed by atoms with Crippen molar-refractivity contribution in [2.75, 3.05) is 0 Å². The summed E-state index contributed by atoms with van der Waals surface area (Å²) in [5, 5.41) is 11.5. The predicted octanol–water partition coefficient (Wildman–Crippen LogP) is 3.58. The van der Waals surface area contributed by atoms with Crippen molar-refractivity contribution in [2.45, 2.75) is 78.6 Å². The number of rotatable bonds is 7. The molecular weight excluding hydrogens is 345 g/mol. The number of hydrogen-bond donors (Lipinski definition) is 2. The molecule has 0 saturated heterocycles. The molecule has 0 aromatic carbocycles. The SMILES string of the molecule is CC(NC(=O)OC(C)(C)C)/C(F)=C/[C@H](CCC(=O)OC(C)(C)C)C(=O)O. The van der Waals surface area contributed by atoms with Crippen molar-refractivity contribution in [2.24, 2.45) is 5.92 Å². The lowest BCUT2D eigenvalue weighted by molar-refractivity contribution is -0.155. The second kappa shape index (κ2) is 9.54. The molecule has 0 aromatic heterocycles. The third-order valence-corrected chi connectivity index (χ3v) is 2.90. The Labute approximate surface area is 153 Å². The number of esters is 1. The van der Waals surface area contributed by atoms with Gasteiger partial charge in [-0.3, -0.25) is 9.59 Å². The van der Waals surface area contributed by atoms with E-state index in [2.05, 4.69) is 5.32 Å². The van der Waals surface area contributed by atoms with Gasteiger partial charge in [0.1, 0.15) is 17.0 Å². The number of ether oxygens (including phenoxy) is 2. The van der Waals surface area contributed by atoms with Gasteiger partial charge in [0.05, 0.1) is 12.0 Å². The average molecular weight is 375 g/mol. The molecule has 26 heavy (non-hydrogen) atoms. The van der Waals surface area contributed by atoms with Crippen molar-refractivity contribution in [1.82, 2.24) is 5.32 Å². The Balaban J connectivity index is 4.81. The number of halogens is 1. The fourth-order valence-corrected chi connectivity index (χ4v) is 1.83. The van der Waals surface area contributed by atoms with Gasteiger partial charge in [-0.2, -0.15) is 0 Å². The Morgan fingerprint density at radius 2 is 1.58 bits per heavy atom. The summed E-state index contributed by atoms with van der Waals surface area (Å²) < 4.78 is 24.3. The van der Waals surface area contributed by atoms with E-state index in [9.17, 15) is 23.9 Å². The first-order valence-corrected chi connectivity index (χ1v) is 8.42. The van der Waals surface area contributed by atoms with Gasteiger partial charge in [0.25, 0.3) is 0 Å². The molecule has 0 aliphatic carbocycles. The molecule has 0 rings (SSSR count). The molecule has 0 bridgehead atoms. The van der Waals surface area contributed by atoms with Gasteiger partial charge in [0.2, 0.25) is 0 Å². The fourth-order valence-electron chi connectivity index (χ4n) is 1.83. The largest absolute Gasteiger partial charge is 0.481 e. The molecule has 2 N–H and O–H groups in total. The van der Waals surface area contributed by atoms with Crippen LogP contribution in [0, 0.1) is 5.92 Å². The molecule has 1 amide bonds. The van der Waals surface area contributed by atoms with E-state index >= 15 is 0 Å². The number of alkyl carbamates (subject to hydrolysis) is 1. The number of hydrogen-bond acceptors (Lipinski definition) is 5. The average Bonchev–Trinajstić information content (AvgIpc) is 2.38. The number of aliphatic carboxylic acids is 1. The predicted molar refractivity (Wildman–Crippen MR) is 94.2 cm³/mol. The molecule has 0 aliphatic rings. The van der Waals surface area contributed by atoms with Gasteiger partial charge in [-0.15, -0.1) is 0 Å². The summed E-state index contributed by atoms with van der Waals surface area (Å²) >= 11 is 0. The Kier molecular flexibility index (Phi) is 8.76. The Morgan fingerprint density at radius 1 is 1.08 bits per heavy atom. The van der Waals surface area contributed by atoms with Crippen molar-refractivity contribution < 1.29 is 33.4 Å². The highest BCUT2D eigenvalue weighted by molar-refractivity contribution is 5.75. The minimum absolute atomic E-state index is 0.114. The van der Waals surface area contributed by atoms with E-state index in [0.717, 1.165) is 6.08 Å². The molecule has 1 unspecified atom stereocenters. The quantitative estimate of drug-likeness (QED) is 0.660. The second-order valence-corrected chi connectivity index (χ2v) is 7.99. The number of carboxylic acids is 1. The maximum Gasteiger partial charge on any atom is 0.408 e. The van der Waals surface area contributed by atoms with Crippen LogP contribution in [0.25, 0.3) is 0 Å². The van der Waals surface area contributed by atoms with E-state index in [0.29, 0.717) is 0 Å². The highest BCUT2D eigenvalue weighted by atomic mass is 19.1. The Bertz CT molecular complexity index is 545. The molecule has 0 aliphatic heterocycles. The van der Waals surface area contributed by atoms with Crippen LogP contribution in [0.15, 0.2) is 11.9 Å². The van der Waals surface area contributed by atoms with E-state index < -0.39 is 47.0 Å². The highest BCUT2D eigenvalue weighted by Gasteiger charge is 2.24. The zero-order valence-electron chi connectivity index (χ0n) is 16.5. The van der Waals surface area contributed by atoms with Gasteiger partial charge in [-0.1, -0.05) is 0 Å². The number of carbonyl (C=O) groups is 3. The standard InChI is InChI=1S/C18H30FNO6/c1-11(20-16(24)26-18(5,6)7)13(19)10-12(15(22)23)8-9-14(21)25-17(2,3)4/h10-12H,8-9H2,1-7H3,(H,20,24)(H,22,23)/b13-10-/t11?,12-/m0/s1. The number of amides is 1. The van der Waals surface area contributed by atoms with Crippen molar-refractivity contribution >= 4 is 18.0 Å². The van der Waals surface area contributed by atoms with Gasteiger partial charge >= 0.3 is 18.0 Å². The first kappa shape index (κ1) is 23.9. The molecule has 0 radical (unpaired) electrons. The molecule has 8 heteroatoms. The van der Waals surface area contributed by atoms with Crippen LogP contribution in [0.5, 0.6) is 0 Å². The molecule has 2 atom stereocenters.